The zero-order chi connectivity index (χ0) is 12.4. The molecule has 0 fully saturated rings. The molecule has 0 aliphatic carbocycles. The molecule has 17 heavy (non-hydrogen) atoms. The summed E-state index contributed by atoms with van der Waals surface area (Å²) in [4.78, 5) is 25.1. The maximum Gasteiger partial charge on any atom is 0.299 e. The summed E-state index contributed by atoms with van der Waals surface area (Å²) in [5.74, 6) is -0.833. The Morgan fingerprint density at radius 3 is 2.82 bits per heavy atom. The third-order valence-electron chi connectivity index (χ3n) is 2.74. The van der Waals surface area contributed by atoms with Gasteiger partial charge in [-0.2, -0.15) is 0 Å². The Balaban J connectivity index is 2.25. The highest BCUT2D eigenvalue weighted by Gasteiger charge is 2.35. The number of carbonyl (C=O) groups excluding carboxylic acids is 2. The van der Waals surface area contributed by atoms with Crippen molar-refractivity contribution in [1.29, 1.82) is 0 Å². The molecule has 1 heterocycles. The van der Waals surface area contributed by atoms with Crippen molar-refractivity contribution < 1.29 is 9.59 Å². The molecule has 0 saturated heterocycles. The predicted molar refractivity (Wildman–Crippen MR) is 69.4 cm³/mol. The van der Waals surface area contributed by atoms with E-state index in [-0.39, 0.29) is 0 Å². The minimum atomic E-state index is -0.422. The van der Waals surface area contributed by atoms with Gasteiger partial charge in [0.15, 0.2) is 0 Å². The van der Waals surface area contributed by atoms with Crippen molar-refractivity contribution in [2.24, 2.45) is 0 Å². The highest BCUT2D eigenvalue weighted by Crippen LogP contribution is 2.31. The smallest absolute Gasteiger partial charge is 0.299 e. The number of anilines is 1. The standard InChI is InChI=1S/C12H13BrN2O2/c1-14-5-2-6-15-10-4-3-8(13)7-9(10)11(16)12(15)17/h3-4,7,14H,2,5-6H2,1H3. The number of nitrogens with zero attached hydrogens (tertiary/aromatic N) is 1. The number of halogens is 1. The summed E-state index contributed by atoms with van der Waals surface area (Å²) >= 11 is 3.30. The fraction of sp³-hybridized carbons (Fsp3) is 0.333. The van der Waals surface area contributed by atoms with Gasteiger partial charge in [0.2, 0.25) is 0 Å². The number of Topliss-reactive ketones (excluding diaryl/α,β-unsaturated/α-hetero) is 1. The van der Waals surface area contributed by atoms with E-state index in [0.29, 0.717) is 12.1 Å². The highest BCUT2D eigenvalue weighted by molar-refractivity contribution is 9.10. The number of benzene rings is 1. The van der Waals surface area contributed by atoms with Crippen LogP contribution in [0.3, 0.4) is 0 Å². The van der Waals surface area contributed by atoms with Crippen LogP contribution in [0, 0.1) is 0 Å². The van der Waals surface area contributed by atoms with Crippen molar-refractivity contribution in [2.75, 3.05) is 25.0 Å². The van der Waals surface area contributed by atoms with Crippen LogP contribution in [-0.4, -0.2) is 31.8 Å². The first-order valence-corrected chi connectivity index (χ1v) is 6.25. The third-order valence-corrected chi connectivity index (χ3v) is 3.24. The van der Waals surface area contributed by atoms with Crippen LogP contribution in [0.2, 0.25) is 0 Å². The van der Waals surface area contributed by atoms with Crippen molar-refractivity contribution in [2.45, 2.75) is 6.42 Å². The number of amides is 1. The van der Waals surface area contributed by atoms with Gasteiger partial charge in [0.1, 0.15) is 0 Å². The molecule has 0 unspecified atom stereocenters. The Morgan fingerprint density at radius 1 is 1.35 bits per heavy atom. The van der Waals surface area contributed by atoms with Gasteiger partial charge in [-0.15, -0.1) is 0 Å². The lowest BCUT2D eigenvalue weighted by molar-refractivity contribution is -0.114. The molecule has 0 bridgehead atoms. The summed E-state index contributed by atoms with van der Waals surface area (Å²) in [7, 11) is 1.86. The molecule has 0 atom stereocenters. The van der Waals surface area contributed by atoms with Gasteiger partial charge in [-0.05, 0) is 38.2 Å². The van der Waals surface area contributed by atoms with Crippen LogP contribution < -0.4 is 10.2 Å². The first kappa shape index (κ1) is 12.3. The van der Waals surface area contributed by atoms with Gasteiger partial charge in [-0.1, -0.05) is 15.9 Å². The Morgan fingerprint density at radius 2 is 2.12 bits per heavy atom. The number of nitrogens with one attached hydrogen (secondary N) is 1. The van der Waals surface area contributed by atoms with Crippen LogP contribution in [-0.2, 0) is 4.79 Å². The summed E-state index contributed by atoms with van der Waals surface area (Å²) < 4.78 is 0.814. The average Bonchev–Trinajstić information content (AvgIpc) is 2.54. The molecule has 0 saturated carbocycles. The van der Waals surface area contributed by atoms with E-state index in [1.807, 2.05) is 19.2 Å². The molecule has 5 heteroatoms. The number of hydrogen-bond acceptors (Lipinski definition) is 3. The molecule has 0 radical (unpaired) electrons. The van der Waals surface area contributed by atoms with Crippen molar-refractivity contribution >= 4 is 33.3 Å². The Hall–Kier alpha value is -1.20. The Bertz CT molecular complexity index is 474. The quantitative estimate of drug-likeness (QED) is 0.678. The van der Waals surface area contributed by atoms with Crippen LogP contribution in [0.1, 0.15) is 16.8 Å². The van der Waals surface area contributed by atoms with Gasteiger partial charge in [-0.25, -0.2) is 0 Å². The van der Waals surface area contributed by atoms with E-state index >= 15 is 0 Å². The molecular weight excluding hydrogens is 284 g/mol. The number of ketones is 1. The molecule has 1 aromatic rings. The van der Waals surface area contributed by atoms with Gasteiger partial charge in [-0.3, -0.25) is 9.59 Å². The number of carbonyl (C=O) groups is 2. The first-order chi connectivity index (χ1) is 8.15. The largest absolute Gasteiger partial charge is 0.320 e. The van der Waals surface area contributed by atoms with Crippen molar-refractivity contribution in [1.82, 2.24) is 5.32 Å². The first-order valence-electron chi connectivity index (χ1n) is 5.45. The van der Waals surface area contributed by atoms with Gasteiger partial charge in [0, 0.05) is 11.0 Å². The maximum absolute atomic E-state index is 11.8. The van der Waals surface area contributed by atoms with E-state index in [4.69, 9.17) is 0 Å². The zero-order valence-corrected chi connectivity index (χ0v) is 11.1. The summed E-state index contributed by atoms with van der Waals surface area (Å²) in [5, 5.41) is 3.02. The molecule has 1 amide bonds. The molecular formula is C12H13BrN2O2. The summed E-state index contributed by atoms with van der Waals surface area (Å²) in [6.07, 6.45) is 0.824. The summed E-state index contributed by atoms with van der Waals surface area (Å²) in [6, 6.07) is 5.35. The second kappa shape index (κ2) is 4.98. The van der Waals surface area contributed by atoms with Crippen LogP contribution in [0.4, 0.5) is 5.69 Å². The van der Waals surface area contributed by atoms with E-state index < -0.39 is 11.7 Å². The Labute approximate surface area is 108 Å². The van der Waals surface area contributed by atoms with E-state index in [2.05, 4.69) is 21.2 Å². The maximum atomic E-state index is 11.8. The van der Waals surface area contributed by atoms with Gasteiger partial charge >= 0.3 is 0 Å². The van der Waals surface area contributed by atoms with E-state index in [1.165, 1.54) is 0 Å². The lowest BCUT2D eigenvalue weighted by Crippen LogP contribution is -2.32. The number of rotatable bonds is 4. The number of hydrogen-bond donors (Lipinski definition) is 1. The molecule has 1 aromatic carbocycles. The Kier molecular flexibility index (Phi) is 3.59. The van der Waals surface area contributed by atoms with Crippen LogP contribution in [0.15, 0.2) is 22.7 Å². The van der Waals surface area contributed by atoms with Crippen molar-refractivity contribution in [3.05, 3.63) is 28.2 Å². The second-order valence-electron chi connectivity index (χ2n) is 3.90. The van der Waals surface area contributed by atoms with Gasteiger partial charge < -0.3 is 10.2 Å². The van der Waals surface area contributed by atoms with E-state index in [9.17, 15) is 9.59 Å². The van der Waals surface area contributed by atoms with Crippen molar-refractivity contribution in [3.8, 4) is 0 Å². The van der Waals surface area contributed by atoms with Crippen LogP contribution >= 0.6 is 15.9 Å². The molecule has 2 rings (SSSR count). The van der Waals surface area contributed by atoms with Crippen LogP contribution in [0.25, 0.3) is 0 Å². The summed E-state index contributed by atoms with van der Waals surface area (Å²) in [6.45, 7) is 1.39. The molecule has 1 aliphatic rings. The molecule has 0 aromatic heterocycles. The predicted octanol–water partition coefficient (Wildman–Crippen LogP) is 1.59. The number of fused-ring (bicyclic) bond motifs is 1. The SMILES string of the molecule is CNCCCN1C(=O)C(=O)c2cc(Br)ccc21. The minimum Gasteiger partial charge on any atom is -0.320 e. The molecule has 1 N–H and O–H groups in total. The fourth-order valence-corrected chi connectivity index (χ4v) is 2.27. The van der Waals surface area contributed by atoms with E-state index in [1.54, 1.807) is 11.0 Å². The average molecular weight is 297 g/mol. The zero-order valence-electron chi connectivity index (χ0n) is 9.50. The third kappa shape index (κ3) is 2.25. The topological polar surface area (TPSA) is 49.4 Å². The van der Waals surface area contributed by atoms with Crippen LogP contribution in [0.5, 0.6) is 0 Å². The molecule has 4 nitrogen and oxygen atoms in total. The summed E-state index contributed by atoms with van der Waals surface area (Å²) in [5.41, 5.74) is 1.22. The van der Waals surface area contributed by atoms with E-state index in [0.717, 1.165) is 23.1 Å². The van der Waals surface area contributed by atoms with Gasteiger partial charge in [0.05, 0.1) is 11.3 Å². The van der Waals surface area contributed by atoms with Crippen molar-refractivity contribution in [3.63, 3.8) is 0 Å². The van der Waals surface area contributed by atoms with Gasteiger partial charge in [0.25, 0.3) is 11.7 Å². The highest BCUT2D eigenvalue weighted by atomic mass is 79.9. The molecule has 90 valence electrons. The molecule has 0 spiro atoms. The lowest BCUT2D eigenvalue weighted by atomic mass is 10.1. The monoisotopic (exact) mass is 296 g/mol. The lowest BCUT2D eigenvalue weighted by Gasteiger charge is -2.16. The molecule has 1 aliphatic heterocycles. The fourth-order valence-electron chi connectivity index (χ4n) is 1.91. The second-order valence-corrected chi connectivity index (χ2v) is 4.82. The normalized spacial score (nSPS) is 14.4. The minimum absolute atomic E-state index is 0.411.